The van der Waals surface area contributed by atoms with Crippen molar-refractivity contribution in [3.8, 4) is 0 Å². The normalized spacial score (nSPS) is 15.9. The van der Waals surface area contributed by atoms with Crippen LogP contribution >= 0.6 is 11.6 Å². The summed E-state index contributed by atoms with van der Waals surface area (Å²) in [6.45, 7) is 1.85. The fraction of sp³-hybridized carbons (Fsp3) is 0.467. The van der Waals surface area contributed by atoms with Crippen LogP contribution in [0.15, 0.2) is 18.2 Å². The number of halogens is 1. The van der Waals surface area contributed by atoms with Crippen LogP contribution in [-0.4, -0.2) is 28.9 Å². The highest BCUT2D eigenvalue weighted by Crippen LogP contribution is 2.23. The third kappa shape index (κ3) is 4.05. The van der Waals surface area contributed by atoms with Crippen molar-refractivity contribution in [1.82, 2.24) is 5.32 Å². The number of nitrogens with one attached hydrogen (secondary N) is 1. The highest BCUT2D eigenvalue weighted by molar-refractivity contribution is 6.31. The van der Waals surface area contributed by atoms with Crippen LogP contribution in [0.5, 0.6) is 0 Å². The van der Waals surface area contributed by atoms with Gasteiger partial charge in [-0.15, -0.1) is 0 Å². The van der Waals surface area contributed by atoms with Gasteiger partial charge in [-0.25, -0.2) is 0 Å². The summed E-state index contributed by atoms with van der Waals surface area (Å²) in [5, 5.41) is 12.6. The van der Waals surface area contributed by atoms with Crippen molar-refractivity contribution in [2.75, 3.05) is 0 Å². The molecule has 0 heterocycles. The highest BCUT2D eigenvalue weighted by Gasteiger charge is 2.29. The summed E-state index contributed by atoms with van der Waals surface area (Å²) in [4.78, 5) is 23.2. The fourth-order valence-electron chi connectivity index (χ4n) is 2.09. The number of carboxylic acid groups (broad SMARTS) is 1. The lowest BCUT2D eigenvalue weighted by molar-refractivity contribution is -0.137. The summed E-state index contributed by atoms with van der Waals surface area (Å²) in [6, 6.07) is 5.08. The number of rotatable bonds is 7. The second-order valence-corrected chi connectivity index (χ2v) is 5.66. The van der Waals surface area contributed by atoms with E-state index in [1.807, 2.05) is 6.92 Å². The van der Waals surface area contributed by atoms with Crippen molar-refractivity contribution in [3.05, 3.63) is 34.3 Å². The maximum atomic E-state index is 12.5. The number of carbonyl (C=O) groups is 2. The molecule has 1 aliphatic carbocycles. The molecule has 1 saturated carbocycles. The number of aliphatic carboxylic acids is 1. The van der Waals surface area contributed by atoms with E-state index in [-0.39, 0.29) is 12.2 Å². The first kappa shape index (κ1) is 15.0. The molecular weight excluding hydrogens is 278 g/mol. The zero-order chi connectivity index (χ0) is 14.7. The average Bonchev–Trinajstić information content (AvgIpc) is 3.20. The van der Waals surface area contributed by atoms with Gasteiger partial charge in [0.2, 0.25) is 0 Å². The molecule has 0 amide bonds. The molecule has 1 unspecified atom stereocenters. The predicted molar refractivity (Wildman–Crippen MR) is 77.3 cm³/mol. The van der Waals surface area contributed by atoms with Crippen molar-refractivity contribution >= 4 is 23.4 Å². The molecule has 0 bridgehead atoms. The lowest BCUT2D eigenvalue weighted by Gasteiger charge is -2.17. The summed E-state index contributed by atoms with van der Waals surface area (Å²) < 4.78 is 0. The van der Waals surface area contributed by atoms with E-state index in [0.717, 1.165) is 18.4 Å². The first-order valence-corrected chi connectivity index (χ1v) is 7.13. The number of ketones is 1. The van der Waals surface area contributed by atoms with Crippen molar-refractivity contribution in [2.45, 2.75) is 44.7 Å². The summed E-state index contributed by atoms with van der Waals surface area (Å²) in [7, 11) is 0. The molecule has 0 spiro atoms. The van der Waals surface area contributed by atoms with E-state index in [4.69, 9.17) is 16.7 Å². The van der Waals surface area contributed by atoms with Gasteiger partial charge in [-0.3, -0.25) is 9.59 Å². The largest absolute Gasteiger partial charge is 0.481 e. The Morgan fingerprint density at radius 3 is 2.70 bits per heavy atom. The van der Waals surface area contributed by atoms with Crippen LogP contribution in [-0.2, 0) is 4.79 Å². The molecule has 20 heavy (non-hydrogen) atoms. The molecule has 5 heteroatoms. The molecule has 0 saturated heterocycles. The summed E-state index contributed by atoms with van der Waals surface area (Å²) in [5.41, 5.74) is 1.43. The first-order chi connectivity index (χ1) is 9.47. The minimum absolute atomic E-state index is 0.0112. The smallest absolute Gasteiger partial charge is 0.303 e. The van der Waals surface area contributed by atoms with Crippen LogP contribution in [0.4, 0.5) is 0 Å². The van der Waals surface area contributed by atoms with Crippen molar-refractivity contribution in [1.29, 1.82) is 0 Å². The Balaban J connectivity index is 2.10. The van der Waals surface area contributed by atoms with Gasteiger partial charge in [-0.2, -0.15) is 0 Å². The quantitative estimate of drug-likeness (QED) is 0.759. The first-order valence-electron chi connectivity index (χ1n) is 6.75. The Morgan fingerprint density at radius 2 is 2.15 bits per heavy atom. The lowest BCUT2D eigenvalue weighted by Crippen LogP contribution is -2.38. The van der Waals surface area contributed by atoms with E-state index >= 15 is 0 Å². The molecule has 1 aromatic carbocycles. The number of carboxylic acids is 1. The number of aryl methyl sites for hydroxylation is 1. The van der Waals surface area contributed by atoms with Gasteiger partial charge in [-0.05, 0) is 49.9 Å². The van der Waals surface area contributed by atoms with E-state index in [9.17, 15) is 9.59 Å². The standard InChI is InChI=1S/C15H18ClNO3/c1-9-8-10(2-5-12(9)16)15(20)13(6-7-14(18)19)17-11-3-4-11/h2,5,8,11,13,17H,3-4,6-7H2,1H3,(H,18,19). The van der Waals surface area contributed by atoms with E-state index in [2.05, 4.69) is 5.32 Å². The molecule has 0 aromatic heterocycles. The van der Waals surface area contributed by atoms with Crippen molar-refractivity contribution < 1.29 is 14.7 Å². The maximum Gasteiger partial charge on any atom is 0.303 e. The van der Waals surface area contributed by atoms with Crippen LogP contribution in [0.1, 0.15) is 41.6 Å². The van der Waals surface area contributed by atoms with Gasteiger partial charge in [0.15, 0.2) is 5.78 Å². The number of Topliss-reactive ketones (excluding diaryl/α,β-unsaturated/α-hetero) is 1. The SMILES string of the molecule is Cc1cc(C(=O)C(CCC(=O)O)NC2CC2)ccc1Cl. The van der Waals surface area contributed by atoms with Crippen LogP contribution < -0.4 is 5.32 Å². The van der Waals surface area contributed by atoms with Crippen molar-refractivity contribution in [3.63, 3.8) is 0 Å². The lowest BCUT2D eigenvalue weighted by atomic mass is 9.98. The Labute approximate surface area is 123 Å². The Morgan fingerprint density at radius 1 is 1.45 bits per heavy atom. The summed E-state index contributed by atoms with van der Waals surface area (Å²) in [6.07, 6.45) is 2.40. The monoisotopic (exact) mass is 295 g/mol. The average molecular weight is 296 g/mol. The molecule has 4 nitrogen and oxygen atoms in total. The second-order valence-electron chi connectivity index (χ2n) is 5.25. The predicted octanol–water partition coefficient (Wildman–Crippen LogP) is 2.82. The Kier molecular flexibility index (Phi) is 4.78. The van der Waals surface area contributed by atoms with Gasteiger partial charge >= 0.3 is 5.97 Å². The van der Waals surface area contributed by atoms with Gasteiger partial charge < -0.3 is 10.4 Å². The van der Waals surface area contributed by atoms with Crippen LogP contribution in [0.25, 0.3) is 0 Å². The maximum absolute atomic E-state index is 12.5. The minimum atomic E-state index is -0.882. The molecule has 1 aromatic rings. The van der Waals surface area contributed by atoms with E-state index < -0.39 is 12.0 Å². The van der Waals surface area contributed by atoms with Gasteiger partial charge in [0.25, 0.3) is 0 Å². The molecule has 1 atom stereocenters. The molecule has 1 aliphatic rings. The van der Waals surface area contributed by atoms with Crippen LogP contribution in [0.2, 0.25) is 5.02 Å². The number of hydrogen-bond acceptors (Lipinski definition) is 3. The van der Waals surface area contributed by atoms with Crippen LogP contribution in [0, 0.1) is 6.92 Å². The molecule has 1 fully saturated rings. The van der Waals surface area contributed by atoms with E-state index in [1.165, 1.54) is 0 Å². The minimum Gasteiger partial charge on any atom is -0.481 e. The zero-order valence-electron chi connectivity index (χ0n) is 11.4. The molecular formula is C15H18ClNO3. The Bertz CT molecular complexity index is 526. The van der Waals surface area contributed by atoms with Crippen LogP contribution in [0.3, 0.4) is 0 Å². The third-order valence-electron chi connectivity index (χ3n) is 3.42. The van der Waals surface area contributed by atoms with Gasteiger partial charge in [0.1, 0.15) is 0 Å². The number of benzene rings is 1. The molecule has 0 aliphatic heterocycles. The molecule has 2 rings (SSSR count). The highest BCUT2D eigenvalue weighted by atomic mass is 35.5. The molecule has 2 N–H and O–H groups in total. The van der Waals surface area contributed by atoms with Gasteiger partial charge in [-0.1, -0.05) is 11.6 Å². The van der Waals surface area contributed by atoms with E-state index in [1.54, 1.807) is 18.2 Å². The molecule has 0 radical (unpaired) electrons. The summed E-state index contributed by atoms with van der Waals surface area (Å²) >= 11 is 5.96. The zero-order valence-corrected chi connectivity index (χ0v) is 12.1. The van der Waals surface area contributed by atoms with Gasteiger partial charge in [0.05, 0.1) is 6.04 Å². The third-order valence-corrected chi connectivity index (χ3v) is 3.84. The fourth-order valence-corrected chi connectivity index (χ4v) is 2.21. The van der Waals surface area contributed by atoms with Crippen molar-refractivity contribution in [2.24, 2.45) is 0 Å². The summed E-state index contributed by atoms with van der Waals surface area (Å²) in [5.74, 6) is -0.939. The van der Waals surface area contributed by atoms with Gasteiger partial charge in [0, 0.05) is 23.0 Å². The Hall–Kier alpha value is -1.39. The topological polar surface area (TPSA) is 66.4 Å². The second kappa shape index (κ2) is 6.37. The van der Waals surface area contributed by atoms with E-state index in [0.29, 0.717) is 23.0 Å². The molecule has 108 valence electrons. The number of hydrogen-bond donors (Lipinski definition) is 2. The number of carbonyl (C=O) groups excluding carboxylic acids is 1.